The zero-order chi connectivity index (χ0) is 26.0. The second kappa shape index (κ2) is 8.35. The van der Waals surface area contributed by atoms with Gasteiger partial charge in [-0.15, -0.1) is 0 Å². The van der Waals surface area contributed by atoms with Gasteiger partial charge in [0.25, 0.3) is 11.8 Å². The fourth-order valence-electron chi connectivity index (χ4n) is 6.97. The third-order valence-electron chi connectivity index (χ3n) is 8.66. The number of carbonyl (C=O) groups excluding carboxylic acids is 5. The minimum absolute atomic E-state index is 0.0730. The molecule has 0 aromatic heterocycles. The highest BCUT2D eigenvalue weighted by Crippen LogP contribution is 2.69. The van der Waals surface area contributed by atoms with Crippen molar-refractivity contribution in [2.45, 2.75) is 62.7 Å². The molecular weight excluding hydrogens is 480 g/mol. The topological polar surface area (TPSA) is 143 Å². The number of nitrogens with one attached hydrogen (secondary N) is 3. The van der Waals surface area contributed by atoms with Crippen LogP contribution in [-0.2, 0) is 23.9 Å². The van der Waals surface area contributed by atoms with Gasteiger partial charge in [-0.2, -0.15) is 0 Å². The maximum Gasteiger partial charge on any atom is 0.315 e. The second-order valence-corrected chi connectivity index (χ2v) is 10.7. The van der Waals surface area contributed by atoms with Gasteiger partial charge in [0.15, 0.2) is 0 Å². The lowest BCUT2D eigenvalue weighted by Gasteiger charge is -2.47. The molecule has 1 aromatic rings. The largest absolute Gasteiger partial charge is 0.465 e. The number of esters is 1. The number of hydrogen-bond donors (Lipinski definition) is 3. The molecule has 1 spiro atoms. The van der Waals surface area contributed by atoms with Crippen LogP contribution in [-0.4, -0.2) is 78.0 Å². The zero-order valence-electron chi connectivity index (χ0n) is 20.7. The van der Waals surface area contributed by atoms with E-state index in [2.05, 4.69) is 16.0 Å². The van der Waals surface area contributed by atoms with Crippen LogP contribution in [0.3, 0.4) is 0 Å². The van der Waals surface area contributed by atoms with Gasteiger partial charge in [0.1, 0.15) is 11.5 Å². The lowest BCUT2D eigenvalue weighted by Crippen LogP contribution is -2.58. The first-order chi connectivity index (χ1) is 17.7. The zero-order valence-corrected chi connectivity index (χ0v) is 20.7. The number of piperidine rings is 2. The van der Waals surface area contributed by atoms with Gasteiger partial charge in [0, 0.05) is 18.7 Å². The maximum absolute atomic E-state index is 13.1. The van der Waals surface area contributed by atoms with E-state index in [1.807, 2.05) is 6.92 Å². The number of benzene rings is 1. The number of hydrogen-bond acceptors (Lipinski definition) is 9. The summed E-state index contributed by atoms with van der Waals surface area (Å²) in [5, 5.41) is 8.90. The Labute approximate surface area is 213 Å². The first-order valence-electron chi connectivity index (χ1n) is 12.9. The molecule has 5 aliphatic heterocycles. The van der Waals surface area contributed by atoms with Gasteiger partial charge in [0.05, 0.1) is 28.9 Å². The molecule has 5 fully saturated rings. The van der Waals surface area contributed by atoms with Gasteiger partial charge in [0.2, 0.25) is 11.8 Å². The fourth-order valence-corrected chi connectivity index (χ4v) is 6.97. The Balaban J connectivity index is 1.18. The summed E-state index contributed by atoms with van der Waals surface area (Å²) >= 11 is 0. The van der Waals surface area contributed by atoms with Crippen LogP contribution < -0.4 is 16.0 Å². The highest BCUT2D eigenvalue weighted by atomic mass is 16.6. The van der Waals surface area contributed by atoms with Crippen molar-refractivity contribution >= 4 is 35.3 Å². The Hall–Kier alpha value is -3.31. The molecule has 1 unspecified atom stereocenters. The van der Waals surface area contributed by atoms with Crippen molar-refractivity contribution in [3.63, 3.8) is 0 Å². The molecule has 37 heavy (non-hydrogen) atoms. The maximum atomic E-state index is 13.1. The van der Waals surface area contributed by atoms with Crippen molar-refractivity contribution in [1.82, 2.24) is 15.5 Å². The van der Waals surface area contributed by atoms with Gasteiger partial charge in [-0.3, -0.25) is 34.2 Å². The summed E-state index contributed by atoms with van der Waals surface area (Å²) in [6, 6.07) is 3.92. The van der Waals surface area contributed by atoms with Crippen molar-refractivity contribution < 1.29 is 33.4 Å². The van der Waals surface area contributed by atoms with E-state index in [-0.39, 0.29) is 29.9 Å². The molecule has 6 aliphatic rings. The number of nitrogens with zero attached hydrogens (tertiary/aromatic N) is 1. The van der Waals surface area contributed by atoms with Gasteiger partial charge in [-0.1, -0.05) is 0 Å². The normalized spacial score (nSPS) is 31.7. The molecule has 11 nitrogen and oxygen atoms in total. The number of ether oxygens (including phenoxy) is 2. The average Bonchev–Trinajstić information content (AvgIpc) is 3.38. The molecule has 1 aliphatic carbocycles. The van der Waals surface area contributed by atoms with Crippen LogP contribution in [0.4, 0.5) is 5.69 Å². The molecular formula is C26H30N4O7. The monoisotopic (exact) mass is 510 g/mol. The molecule has 1 atom stereocenters. The number of fused-ring (bicyclic) bond motifs is 1. The summed E-state index contributed by atoms with van der Waals surface area (Å²) < 4.78 is 12.2. The van der Waals surface area contributed by atoms with Crippen LogP contribution in [0.15, 0.2) is 18.2 Å². The van der Waals surface area contributed by atoms with Crippen LogP contribution in [0.5, 0.6) is 0 Å². The molecule has 1 saturated carbocycles. The lowest BCUT2D eigenvalue weighted by molar-refractivity contribution is -0.166. The van der Waals surface area contributed by atoms with Crippen LogP contribution in [0.1, 0.15) is 66.2 Å². The van der Waals surface area contributed by atoms with E-state index >= 15 is 0 Å². The summed E-state index contributed by atoms with van der Waals surface area (Å²) in [5.74, 6) is -2.31. The van der Waals surface area contributed by atoms with E-state index in [0.29, 0.717) is 31.7 Å². The molecule has 11 heteroatoms. The number of amides is 4. The van der Waals surface area contributed by atoms with Gasteiger partial charge in [-0.05, 0) is 70.3 Å². The standard InChI is InChI=1S/C26H30N4O7/c1-2-36-23(35)25-12-24(13-25,37-26(25)7-9-27-10-8-26)14-28-15-3-4-16-17(11-15)22(34)30(21(16)33)18-5-6-19(31)29-20(18)32/h3-4,11,18,27-28H,2,5-10,12-14H2,1H3,(H,29,31,32). The predicted molar refractivity (Wildman–Crippen MR) is 129 cm³/mol. The van der Waals surface area contributed by atoms with E-state index in [1.165, 1.54) is 0 Å². The minimum Gasteiger partial charge on any atom is -0.465 e. The quantitative estimate of drug-likeness (QED) is 0.373. The molecule has 2 bridgehead atoms. The van der Waals surface area contributed by atoms with Crippen LogP contribution in [0.2, 0.25) is 0 Å². The molecule has 7 rings (SSSR count). The van der Waals surface area contributed by atoms with Gasteiger partial charge in [-0.25, -0.2) is 0 Å². The van der Waals surface area contributed by atoms with Crippen molar-refractivity contribution in [2.75, 3.05) is 31.6 Å². The number of imide groups is 2. The summed E-state index contributed by atoms with van der Waals surface area (Å²) in [4.78, 5) is 63.8. The Morgan fingerprint density at radius 1 is 1.14 bits per heavy atom. The van der Waals surface area contributed by atoms with Crippen LogP contribution in [0.25, 0.3) is 0 Å². The first kappa shape index (κ1) is 24.1. The third-order valence-corrected chi connectivity index (χ3v) is 8.66. The first-order valence-corrected chi connectivity index (χ1v) is 12.9. The highest BCUT2D eigenvalue weighted by molar-refractivity contribution is 6.23. The van der Waals surface area contributed by atoms with Crippen molar-refractivity contribution in [3.05, 3.63) is 29.3 Å². The Morgan fingerprint density at radius 2 is 1.86 bits per heavy atom. The van der Waals surface area contributed by atoms with E-state index in [1.54, 1.807) is 18.2 Å². The SMILES string of the molecule is CCOC(=O)C12CC(CNc3ccc4c(c3)C(=O)N(C3CCC(=O)NC3=O)C4=O)(C1)OC21CCNCC1. The summed E-state index contributed by atoms with van der Waals surface area (Å²) in [7, 11) is 0. The Kier molecular flexibility index (Phi) is 5.43. The second-order valence-electron chi connectivity index (χ2n) is 10.7. The molecule has 196 valence electrons. The van der Waals surface area contributed by atoms with E-state index in [4.69, 9.17) is 9.47 Å². The van der Waals surface area contributed by atoms with Crippen molar-refractivity contribution in [2.24, 2.45) is 5.41 Å². The Bertz CT molecular complexity index is 1220. The average molecular weight is 511 g/mol. The van der Waals surface area contributed by atoms with E-state index < -0.39 is 46.3 Å². The number of carbonyl (C=O) groups is 5. The van der Waals surface area contributed by atoms with Gasteiger partial charge < -0.3 is 20.1 Å². The van der Waals surface area contributed by atoms with Crippen LogP contribution >= 0.6 is 0 Å². The Morgan fingerprint density at radius 3 is 2.57 bits per heavy atom. The van der Waals surface area contributed by atoms with E-state index in [0.717, 1.165) is 30.8 Å². The molecule has 3 N–H and O–H groups in total. The molecule has 1 aromatic carbocycles. The third kappa shape index (κ3) is 3.43. The smallest absolute Gasteiger partial charge is 0.315 e. The summed E-state index contributed by atoms with van der Waals surface area (Å²) in [5.41, 5.74) is -0.586. The lowest BCUT2D eigenvalue weighted by atomic mass is 9.54. The molecule has 4 amide bonds. The summed E-state index contributed by atoms with van der Waals surface area (Å²) in [6.45, 7) is 4.16. The molecule has 0 radical (unpaired) electrons. The van der Waals surface area contributed by atoms with Crippen molar-refractivity contribution in [3.8, 4) is 0 Å². The molecule has 4 saturated heterocycles. The minimum atomic E-state index is -1.00. The fraction of sp³-hybridized carbons (Fsp3) is 0.577. The van der Waals surface area contributed by atoms with Crippen LogP contribution in [0, 0.1) is 5.41 Å². The van der Waals surface area contributed by atoms with E-state index in [9.17, 15) is 24.0 Å². The summed E-state index contributed by atoms with van der Waals surface area (Å²) in [6.07, 6.45) is 2.84. The highest BCUT2D eigenvalue weighted by Gasteiger charge is 2.78. The van der Waals surface area contributed by atoms with Crippen molar-refractivity contribution in [1.29, 1.82) is 0 Å². The molecule has 5 heterocycles. The predicted octanol–water partition coefficient (Wildman–Crippen LogP) is 0.734. The number of rotatable bonds is 6. The van der Waals surface area contributed by atoms with Gasteiger partial charge >= 0.3 is 5.97 Å². The number of anilines is 1.